The zero-order valence-electron chi connectivity index (χ0n) is 9.29. The maximum Gasteiger partial charge on any atom is 0.270 e. The Labute approximate surface area is 94.0 Å². The fourth-order valence-electron chi connectivity index (χ4n) is 1.81. The maximum atomic E-state index is 11.5. The third-order valence-electron chi connectivity index (χ3n) is 2.66. The van der Waals surface area contributed by atoms with Gasteiger partial charge in [0.15, 0.2) is 5.76 Å². The summed E-state index contributed by atoms with van der Waals surface area (Å²) in [6.07, 6.45) is 0. The quantitative estimate of drug-likeness (QED) is 0.660. The largest absolute Gasteiger partial charge is 0.505 e. The van der Waals surface area contributed by atoms with E-state index >= 15 is 0 Å². The van der Waals surface area contributed by atoms with Crippen LogP contribution < -0.4 is 10.6 Å². The van der Waals surface area contributed by atoms with Crippen LogP contribution in [0.15, 0.2) is 23.9 Å². The van der Waals surface area contributed by atoms with Crippen LogP contribution in [0.5, 0.6) is 0 Å². The number of carbonyl (C=O) groups excluding carboxylic acids is 1. The van der Waals surface area contributed by atoms with Crippen LogP contribution in [0.1, 0.15) is 16.7 Å². The van der Waals surface area contributed by atoms with E-state index in [1.807, 2.05) is 25.1 Å². The average Bonchev–Trinajstić information content (AvgIpc) is 2.28. The molecule has 1 aromatic rings. The van der Waals surface area contributed by atoms with Gasteiger partial charge >= 0.3 is 0 Å². The molecule has 0 bridgehead atoms. The molecule has 4 heteroatoms. The predicted molar refractivity (Wildman–Crippen MR) is 61.6 cm³/mol. The van der Waals surface area contributed by atoms with Crippen molar-refractivity contribution in [3.8, 4) is 0 Å². The fourth-order valence-corrected chi connectivity index (χ4v) is 1.81. The Balaban J connectivity index is 2.50. The van der Waals surface area contributed by atoms with Gasteiger partial charge in [-0.3, -0.25) is 4.79 Å². The molecule has 3 N–H and O–H groups in total. The Kier molecular flexibility index (Phi) is 2.56. The summed E-state index contributed by atoms with van der Waals surface area (Å²) in [7, 11) is 1.54. The van der Waals surface area contributed by atoms with Crippen molar-refractivity contribution in [2.24, 2.45) is 0 Å². The molecule has 0 fully saturated rings. The first-order valence-corrected chi connectivity index (χ1v) is 5.12. The SMILES string of the molecule is CNC(=O)C1=C(O)c2ccc(C)cc2CN1. The highest BCUT2D eigenvalue weighted by molar-refractivity contribution is 5.99. The highest BCUT2D eigenvalue weighted by atomic mass is 16.3. The second kappa shape index (κ2) is 3.89. The summed E-state index contributed by atoms with van der Waals surface area (Å²) in [5, 5.41) is 15.4. The summed E-state index contributed by atoms with van der Waals surface area (Å²) in [5.41, 5.74) is 3.10. The molecule has 1 aliphatic heterocycles. The number of aliphatic hydroxyl groups is 1. The first kappa shape index (κ1) is 10.5. The molecule has 0 aliphatic carbocycles. The van der Waals surface area contributed by atoms with Crippen LogP contribution in [-0.4, -0.2) is 18.1 Å². The lowest BCUT2D eigenvalue weighted by molar-refractivity contribution is -0.117. The van der Waals surface area contributed by atoms with Crippen LogP contribution in [0.3, 0.4) is 0 Å². The molecule has 0 radical (unpaired) electrons. The van der Waals surface area contributed by atoms with E-state index in [9.17, 15) is 9.90 Å². The van der Waals surface area contributed by atoms with Crippen molar-refractivity contribution < 1.29 is 9.90 Å². The number of carbonyl (C=O) groups is 1. The van der Waals surface area contributed by atoms with E-state index in [0.717, 1.165) is 16.7 Å². The van der Waals surface area contributed by atoms with E-state index < -0.39 is 0 Å². The number of rotatable bonds is 1. The molecule has 1 heterocycles. The van der Waals surface area contributed by atoms with Crippen LogP contribution in [0.25, 0.3) is 5.76 Å². The molecule has 0 saturated heterocycles. The number of hydrogen-bond acceptors (Lipinski definition) is 3. The van der Waals surface area contributed by atoms with Crippen molar-refractivity contribution in [3.05, 3.63) is 40.6 Å². The third kappa shape index (κ3) is 1.62. The number of benzene rings is 1. The van der Waals surface area contributed by atoms with Gasteiger partial charge in [-0.05, 0) is 12.5 Å². The fraction of sp³-hybridized carbons (Fsp3) is 0.250. The van der Waals surface area contributed by atoms with Gasteiger partial charge in [0, 0.05) is 19.2 Å². The monoisotopic (exact) mass is 218 g/mol. The first-order valence-electron chi connectivity index (χ1n) is 5.12. The van der Waals surface area contributed by atoms with Crippen molar-refractivity contribution in [2.75, 3.05) is 7.05 Å². The Morgan fingerprint density at radius 1 is 1.50 bits per heavy atom. The van der Waals surface area contributed by atoms with Crippen LogP contribution in [0.2, 0.25) is 0 Å². The number of aryl methyl sites for hydroxylation is 1. The number of aliphatic hydroxyl groups excluding tert-OH is 1. The summed E-state index contributed by atoms with van der Waals surface area (Å²) >= 11 is 0. The van der Waals surface area contributed by atoms with Gasteiger partial charge in [0.1, 0.15) is 5.70 Å². The van der Waals surface area contributed by atoms with Gasteiger partial charge in [0.25, 0.3) is 5.91 Å². The van der Waals surface area contributed by atoms with Gasteiger partial charge in [-0.15, -0.1) is 0 Å². The summed E-state index contributed by atoms with van der Waals surface area (Å²) in [6.45, 7) is 2.55. The lowest BCUT2D eigenvalue weighted by atomic mass is 9.98. The zero-order valence-corrected chi connectivity index (χ0v) is 9.29. The minimum atomic E-state index is -0.302. The van der Waals surface area contributed by atoms with Crippen molar-refractivity contribution in [1.82, 2.24) is 10.6 Å². The molecule has 1 aromatic carbocycles. The van der Waals surface area contributed by atoms with Gasteiger partial charge in [0.05, 0.1) is 0 Å². The topological polar surface area (TPSA) is 61.4 Å². The number of hydrogen-bond donors (Lipinski definition) is 3. The number of fused-ring (bicyclic) bond motifs is 1. The first-order chi connectivity index (χ1) is 7.63. The number of nitrogens with one attached hydrogen (secondary N) is 2. The molecule has 1 amide bonds. The third-order valence-corrected chi connectivity index (χ3v) is 2.66. The van der Waals surface area contributed by atoms with Gasteiger partial charge in [-0.25, -0.2) is 0 Å². The second-order valence-electron chi connectivity index (χ2n) is 3.82. The highest BCUT2D eigenvalue weighted by Gasteiger charge is 2.22. The van der Waals surface area contributed by atoms with Gasteiger partial charge in [0.2, 0.25) is 0 Å². The van der Waals surface area contributed by atoms with Crippen molar-refractivity contribution >= 4 is 11.7 Å². The molecule has 4 nitrogen and oxygen atoms in total. The average molecular weight is 218 g/mol. The second-order valence-corrected chi connectivity index (χ2v) is 3.82. The standard InChI is InChI=1S/C12H14N2O2/c1-7-3-4-9-8(5-7)6-14-10(11(9)15)12(16)13-2/h3-5,14-15H,6H2,1-2H3,(H,13,16). The lowest BCUT2D eigenvalue weighted by Crippen LogP contribution is -2.32. The molecular formula is C12H14N2O2. The Morgan fingerprint density at radius 3 is 2.94 bits per heavy atom. The van der Waals surface area contributed by atoms with Crippen molar-refractivity contribution in [3.63, 3.8) is 0 Å². The zero-order chi connectivity index (χ0) is 11.7. The summed E-state index contributed by atoms with van der Waals surface area (Å²) in [5.74, 6) is -0.288. The van der Waals surface area contributed by atoms with Gasteiger partial charge in [-0.1, -0.05) is 23.8 Å². The molecule has 0 spiro atoms. The van der Waals surface area contributed by atoms with Gasteiger partial charge in [-0.2, -0.15) is 0 Å². The van der Waals surface area contributed by atoms with E-state index in [0.29, 0.717) is 6.54 Å². The normalized spacial score (nSPS) is 14.1. The Hall–Kier alpha value is -1.97. The minimum absolute atomic E-state index is 0.0144. The smallest absolute Gasteiger partial charge is 0.270 e. The molecule has 0 saturated carbocycles. The van der Waals surface area contributed by atoms with Crippen LogP contribution in [0, 0.1) is 6.92 Å². The molecule has 0 aromatic heterocycles. The summed E-state index contributed by atoms with van der Waals surface area (Å²) < 4.78 is 0. The van der Waals surface area contributed by atoms with Crippen molar-refractivity contribution in [2.45, 2.75) is 13.5 Å². The van der Waals surface area contributed by atoms with E-state index in [1.165, 1.54) is 7.05 Å². The summed E-state index contributed by atoms with van der Waals surface area (Å²) in [4.78, 5) is 11.5. The Bertz CT molecular complexity index is 478. The molecule has 2 rings (SSSR count). The van der Waals surface area contributed by atoms with Crippen LogP contribution >= 0.6 is 0 Å². The van der Waals surface area contributed by atoms with E-state index in [1.54, 1.807) is 0 Å². The lowest BCUT2D eigenvalue weighted by Gasteiger charge is -2.20. The maximum absolute atomic E-state index is 11.5. The predicted octanol–water partition coefficient (Wildman–Crippen LogP) is 1.07. The molecule has 0 atom stereocenters. The van der Waals surface area contributed by atoms with Crippen LogP contribution in [-0.2, 0) is 11.3 Å². The number of likely N-dealkylation sites (N-methyl/N-ethyl adjacent to an activating group) is 1. The van der Waals surface area contributed by atoms with E-state index in [-0.39, 0.29) is 17.4 Å². The molecular weight excluding hydrogens is 204 g/mol. The minimum Gasteiger partial charge on any atom is -0.505 e. The van der Waals surface area contributed by atoms with E-state index in [4.69, 9.17) is 0 Å². The Morgan fingerprint density at radius 2 is 2.25 bits per heavy atom. The van der Waals surface area contributed by atoms with E-state index in [2.05, 4.69) is 10.6 Å². The van der Waals surface area contributed by atoms with Gasteiger partial charge < -0.3 is 15.7 Å². The highest BCUT2D eigenvalue weighted by Crippen LogP contribution is 2.24. The van der Waals surface area contributed by atoms with Crippen molar-refractivity contribution in [1.29, 1.82) is 0 Å². The van der Waals surface area contributed by atoms with Crippen LogP contribution in [0.4, 0.5) is 0 Å². The molecule has 84 valence electrons. The number of amides is 1. The molecule has 1 aliphatic rings. The molecule has 0 unspecified atom stereocenters. The summed E-state index contributed by atoms with van der Waals surface area (Å²) in [6, 6.07) is 5.75. The molecule has 16 heavy (non-hydrogen) atoms.